The Morgan fingerprint density at radius 1 is 0.763 bits per heavy atom. The quantitative estimate of drug-likeness (QED) is 0.0285. The highest BCUT2D eigenvalue weighted by Gasteiger charge is 2.29. The number of rotatable bonds is 23. The molecule has 0 radical (unpaired) electrons. The van der Waals surface area contributed by atoms with Gasteiger partial charge in [0.15, 0.2) is 28.4 Å². The molecule has 0 fully saturated rings. The number of hydrogen-bond acceptors (Lipinski definition) is 14. The number of nitrogens with two attached hydrogens (primary N) is 3. The predicted octanol–water partition coefficient (Wildman–Crippen LogP) is 1.36. The Morgan fingerprint density at radius 3 is 2.10 bits per heavy atom. The predicted molar refractivity (Wildman–Crippen MR) is 229 cm³/mol. The molecule has 4 aromatic rings. The summed E-state index contributed by atoms with van der Waals surface area (Å²) < 4.78 is 0. The van der Waals surface area contributed by atoms with Gasteiger partial charge < -0.3 is 58.7 Å². The van der Waals surface area contributed by atoms with Gasteiger partial charge in [0.2, 0.25) is 5.91 Å². The Bertz CT molecular complexity index is 1990. The van der Waals surface area contributed by atoms with Crippen LogP contribution < -0.4 is 38.5 Å². The molecule has 16 N–H and O–H groups in total. The van der Waals surface area contributed by atoms with E-state index in [9.17, 15) is 30.0 Å². The van der Waals surface area contributed by atoms with Crippen molar-refractivity contribution >= 4 is 57.5 Å². The average molecular weight is 837 g/mol. The van der Waals surface area contributed by atoms with Crippen molar-refractivity contribution in [3.63, 3.8) is 0 Å². The van der Waals surface area contributed by atoms with Crippen LogP contribution in [0.2, 0.25) is 5.15 Å². The maximum Gasteiger partial charge on any atom is 0.280 e. The van der Waals surface area contributed by atoms with Gasteiger partial charge in [0.25, 0.3) is 5.91 Å². The van der Waals surface area contributed by atoms with Gasteiger partial charge in [-0.05, 0) is 91.1 Å². The number of amides is 2. The monoisotopic (exact) mass is 836 g/mol. The standard InChI is InChI=1S/C41H57ClN10O7/c42-36-38(45)51-37(44)33(50-36)40(59)52-41(46)48-20-8-6-10-25-15-16-26(29-12-5-4-11-28(25)29)21-30(43)39(58)49-27-17-13-24(14-18-27)9-3-1-2-7-19-47-22-31(54)34(56)35(57)32(55)23-53/h4-5,11-18,30-32,34-35,47,53-57H,1-3,6-10,19-23,43H2,(H,49,58)(H4,44,45,51)(H3,46,48,52,59). The number of aliphatic hydroxyl groups is 5. The number of unbranched alkanes of at least 4 members (excludes halogenated alkanes) is 4. The fourth-order valence-corrected chi connectivity index (χ4v) is 6.61. The van der Waals surface area contributed by atoms with Gasteiger partial charge in [0.1, 0.15) is 18.3 Å². The van der Waals surface area contributed by atoms with Crippen molar-refractivity contribution in [3.8, 4) is 0 Å². The number of aryl methyl sites for hydroxylation is 2. The van der Waals surface area contributed by atoms with Crippen molar-refractivity contribution in [2.75, 3.05) is 43.0 Å². The zero-order valence-electron chi connectivity index (χ0n) is 32.9. The van der Waals surface area contributed by atoms with Crippen LogP contribution in [0, 0.1) is 5.41 Å². The molecule has 18 heteroatoms. The van der Waals surface area contributed by atoms with Crippen molar-refractivity contribution in [2.45, 2.75) is 88.2 Å². The highest BCUT2D eigenvalue weighted by Crippen LogP contribution is 2.26. The Hall–Kier alpha value is -4.98. The highest BCUT2D eigenvalue weighted by molar-refractivity contribution is 6.31. The van der Waals surface area contributed by atoms with E-state index in [-0.39, 0.29) is 40.9 Å². The van der Waals surface area contributed by atoms with Gasteiger partial charge in [-0.25, -0.2) is 9.97 Å². The molecule has 0 bridgehead atoms. The van der Waals surface area contributed by atoms with Crippen molar-refractivity contribution in [3.05, 3.63) is 88.2 Å². The van der Waals surface area contributed by atoms with E-state index >= 15 is 0 Å². The van der Waals surface area contributed by atoms with Crippen LogP contribution in [0.15, 0.2) is 60.7 Å². The summed E-state index contributed by atoms with van der Waals surface area (Å²) in [7, 11) is 0. The van der Waals surface area contributed by atoms with Gasteiger partial charge in [0.05, 0.1) is 18.8 Å². The van der Waals surface area contributed by atoms with E-state index in [0.717, 1.165) is 78.8 Å². The maximum absolute atomic E-state index is 13.1. The molecule has 0 aliphatic rings. The number of anilines is 3. The fraction of sp³-hybridized carbons (Fsp3) is 0.439. The Labute approximate surface area is 348 Å². The van der Waals surface area contributed by atoms with Crippen molar-refractivity contribution in [1.29, 1.82) is 5.41 Å². The van der Waals surface area contributed by atoms with Crippen LogP contribution in [0.4, 0.5) is 17.3 Å². The largest absolute Gasteiger partial charge is 0.394 e. The number of benzene rings is 3. The minimum absolute atomic E-state index is 0.0514. The second-order valence-corrected chi connectivity index (χ2v) is 14.8. The molecule has 4 rings (SSSR count). The number of fused-ring (bicyclic) bond motifs is 1. The lowest BCUT2D eigenvalue weighted by molar-refractivity contribution is -0.117. The van der Waals surface area contributed by atoms with E-state index in [1.54, 1.807) is 0 Å². The molecule has 2 amide bonds. The van der Waals surface area contributed by atoms with Gasteiger partial charge in [-0.1, -0.05) is 73.0 Å². The third-order valence-electron chi connectivity index (χ3n) is 9.88. The number of carbonyl (C=O) groups excluding carboxylic acids is 2. The first-order valence-electron chi connectivity index (χ1n) is 19.7. The smallest absolute Gasteiger partial charge is 0.280 e. The minimum atomic E-state index is -1.63. The summed E-state index contributed by atoms with van der Waals surface area (Å²) >= 11 is 5.85. The lowest BCUT2D eigenvalue weighted by Crippen LogP contribution is -2.49. The zero-order valence-corrected chi connectivity index (χ0v) is 33.7. The summed E-state index contributed by atoms with van der Waals surface area (Å²) in [5.74, 6) is -1.49. The molecule has 0 aliphatic carbocycles. The average Bonchev–Trinajstić information content (AvgIpc) is 3.23. The number of nitrogen functional groups attached to an aromatic ring is 2. The number of hydrogen-bond donors (Lipinski definition) is 13. The summed E-state index contributed by atoms with van der Waals surface area (Å²) in [5, 5.41) is 69.1. The summed E-state index contributed by atoms with van der Waals surface area (Å²) in [6.07, 6.45) is 1.40. The summed E-state index contributed by atoms with van der Waals surface area (Å²) in [4.78, 5) is 33.2. The van der Waals surface area contributed by atoms with E-state index in [2.05, 4.69) is 43.4 Å². The molecule has 5 atom stereocenters. The number of aromatic nitrogens is 2. The van der Waals surface area contributed by atoms with E-state index in [1.807, 2.05) is 48.5 Å². The molecule has 0 aliphatic heterocycles. The summed E-state index contributed by atoms with van der Waals surface area (Å²) in [5.41, 5.74) is 21.4. The number of nitrogens with one attached hydrogen (secondary N) is 5. The maximum atomic E-state index is 13.1. The van der Waals surface area contributed by atoms with Crippen LogP contribution in [0.5, 0.6) is 0 Å². The van der Waals surface area contributed by atoms with Crippen LogP contribution in [-0.4, -0.2) is 110 Å². The molecule has 1 aromatic heterocycles. The first-order valence-corrected chi connectivity index (χ1v) is 20.1. The molecule has 5 unspecified atom stereocenters. The Kier molecular flexibility index (Phi) is 18.7. The number of aliphatic hydroxyl groups excluding tert-OH is 5. The first kappa shape index (κ1) is 46.7. The van der Waals surface area contributed by atoms with Crippen LogP contribution in [0.3, 0.4) is 0 Å². The molecular formula is C41H57ClN10O7. The lowest BCUT2D eigenvalue weighted by Gasteiger charge is -2.25. The number of nitrogens with zero attached hydrogens (tertiary/aromatic N) is 2. The third-order valence-corrected chi connectivity index (χ3v) is 10.2. The van der Waals surface area contributed by atoms with E-state index in [0.29, 0.717) is 25.2 Å². The topological polar surface area (TPSA) is 311 Å². The van der Waals surface area contributed by atoms with Crippen LogP contribution in [0.1, 0.15) is 65.7 Å². The molecule has 17 nitrogen and oxygen atoms in total. The Balaban J connectivity index is 1.14. The molecule has 0 spiro atoms. The van der Waals surface area contributed by atoms with Gasteiger partial charge in [-0.15, -0.1) is 0 Å². The van der Waals surface area contributed by atoms with Crippen molar-refractivity contribution in [1.82, 2.24) is 25.9 Å². The van der Waals surface area contributed by atoms with Crippen LogP contribution >= 0.6 is 11.6 Å². The van der Waals surface area contributed by atoms with Gasteiger partial charge in [-0.3, -0.25) is 20.3 Å². The molecule has 0 saturated heterocycles. The first-order chi connectivity index (χ1) is 28.3. The van der Waals surface area contributed by atoms with Gasteiger partial charge >= 0.3 is 0 Å². The lowest BCUT2D eigenvalue weighted by atomic mass is 9.93. The Morgan fingerprint density at radius 2 is 1.39 bits per heavy atom. The van der Waals surface area contributed by atoms with Crippen molar-refractivity contribution in [2.24, 2.45) is 5.73 Å². The SMILES string of the molecule is N=C(NCCCCc1ccc(CC(N)C(=O)Nc2ccc(CCCCCCNCC(O)C(O)C(O)C(O)CO)cc2)c2ccccc12)NC(=O)c1nc(Cl)c(N)nc1N. The van der Waals surface area contributed by atoms with Gasteiger partial charge in [-0.2, -0.15) is 0 Å². The van der Waals surface area contributed by atoms with E-state index in [1.165, 1.54) is 0 Å². The number of guanidine groups is 1. The number of carbonyl (C=O) groups is 2. The third kappa shape index (κ3) is 14.4. The van der Waals surface area contributed by atoms with E-state index in [4.69, 9.17) is 39.3 Å². The molecule has 1 heterocycles. The normalized spacial score (nSPS) is 13.9. The minimum Gasteiger partial charge on any atom is -0.394 e. The zero-order chi connectivity index (χ0) is 42.9. The number of halogens is 1. The molecule has 320 valence electrons. The highest BCUT2D eigenvalue weighted by atomic mass is 35.5. The molecular weight excluding hydrogens is 780 g/mol. The van der Waals surface area contributed by atoms with Crippen molar-refractivity contribution < 1.29 is 35.1 Å². The second-order valence-electron chi connectivity index (χ2n) is 14.4. The summed E-state index contributed by atoms with van der Waals surface area (Å²) in [6, 6.07) is 19.1. The van der Waals surface area contributed by atoms with Crippen LogP contribution in [-0.2, 0) is 24.1 Å². The second kappa shape index (κ2) is 23.6. The fourth-order valence-electron chi connectivity index (χ4n) is 6.49. The van der Waals surface area contributed by atoms with Gasteiger partial charge in [0, 0.05) is 18.8 Å². The van der Waals surface area contributed by atoms with E-state index < -0.39 is 43.0 Å². The molecule has 59 heavy (non-hydrogen) atoms. The van der Waals surface area contributed by atoms with Crippen LogP contribution in [0.25, 0.3) is 10.8 Å². The molecule has 0 saturated carbocycles. The summed E-state index contributed by atoms with van der Waals surface area (Å²) in [6.45, 7) is 0.410. The molecule has 3 aromatic carbocycles.